The van der Waals surface area contributed by atoms with Gasteiger partial charge < -0.3 is 14.2 Å². The van der Waals surface area contributed by atoms with E-state index < -0.39 is 6.10 Å². The Hall–Kier alpha value is -4.71. The molecule has 0 rings (SSSR count). The zero-order valence-electron chi connectivity index (χ0n) is 49.0. The van der Waals surface area contributed by atoms with Crippen molar-refractivity contribution in [2.75, 3.05) is 13.2 Å². The third-order valence-corrected chi connectivity index (χ3v) is 12.6. The molecule has 0 heterocycles. The van der Waals surface area contributed by atoms with Gasteiger partial charge in [0.15, 0.2) is 6.10 Å². The molecule has 0 fully saturated rings. The first kappa shape index (κ1) is 71.3. The van der Waals surface area contributed by atoms with Crippen molar-refractivity contribution in [2.45, 2.75) is 264 Å². The Kier molecular flexibility index (Phi) is 58.9. The summed E-state index contributed by atoms with van der Waals surface area (Å²) in [5.74, 6) is -0.969. The van der Waals surface area contributed by atoms with Crippen LogP contribution in [-0.2, 0) is 28.6 Å². The summed E-state index contributed by atoms with van der Waals surface area (Å²) in [5, 5.41) is 0. The van der Waals surface area contributed by atoms with Gasteiger partial charge in [0, 0.05) is 19.3 Å². The van der Waals surface area contributed by atoms with E-state index in [9.17, 15) is 14.4 Å². The monoisotopic (exact) mass is 1050 g/mol. The van der Waals surface area contributed by atoms with E-state index in [1.54, 1.807) is 0 Å². The second-order valence-corrected chi connectivity index (χ2v) is 19.8. The van der Waals surface area contributed by atoms with Gasteiger partial charge in [-0.05, 0) is 141 Å². The molecule has 0 bridgehead atoms. The van der Waals surface area contributed by atoms with Crippen LogP contribution in [0.15, 0.2) is 146 Å². The topological polar surface area (TPSA) is 78.9 Å². The van der Waals surface area contributed by atoms with Crippen molar-refractivity contribution in [3.05, 3.63) is 146 Å². The molecule has 0 aliphatic heterocycles. The van der Waals surface area contributed by atoms with Crippen molar-refractivity contribution in [2.24, 2.45) is 0 Å². The van der Waals surface area contributed by atoms with Gasteiger partial charge >= 0.3 is 17.9 Å². The number of hydrogen-bond acceptors (Lipinski definition) is 6. The van der Waals surface area contributed by atoms with E-state index in [2.05, 4.69) is 167 Å². The summed E-state index contributed by atoms with van der Waals surface area (Å²) in [6.07, 6.45) is 89.8. The molecule has 0 amide bonds. The number of hydrogen-bond donors (Lipinski definition) is 0. The van der Waals surface area contributed by atoms with E-state index in [0.717, 1.165) is 154 Å². The smallest absolute Gasteiger partial charge is 0.306 e. The van der Waals surface area contributed by atoms with Gasteiger partial charge in [0.1, 0.15) is 13.2 Å². The Labute approximate surface area is 467 Å². The van der Waals surface area contributed by atoms with Gasteiger partial charge in [-0.25, -0.2) is 0 Å². The molecule has 6 heteroatoms. The van der Waals surface area contributed by atoms with Crippen LogP contribution in [0.25, 0.3) is 0 Å². The molecule has 0 N–H and O–H groups in total. The van der Waals surface area contributed by atoms with Crippen molar-refractivity contribution in [3.8, 4) is 0 Å². The molecule has 0 aliphatic carbocycles. The third kappa shape index (κ3) is 60.2. The van der Waals surface area contributed by atoms with Gasteiger partial charge in [0.25, 0.3) is 0 Å². The minimum absolute atomic E-state index is 0.108. The Morgan fingerprint density at radius 3 is 0.816 bits per heavy atom. The fraction of sp³-hybridized carbons (Fsp3) is 0.614. The number of carbonyl (C=O) groups excluding carboxylic acids is 3. The molecule has 0 saturated heterocycles. The van der Waals surface area contributed by atoms with Crippen LogP contribution in [-0.4, -0.2) is 37.2 Å². The Balaban J connectivity index is 4.53. The summed E-state index contributed by atoms with van der Waals surface area (Å²) in [6.45, 7) is 6.35. The Bertz CT molecular complexity index is 1680. The molecular formula is C70H112O6. The normalized spacial score (nSPS) is 13.1. The number of allylic oxidation sites excluding steroid dienone is 24. The van der Waals surface area contributed by atoms with E-state index in [1.807, 2.05) is 0 Å². The lowest BCUT2D eigenvalue weighted by molar-refractivity contribution is -0.167. The second kappa shape index (κ2) is 62.8. The molecule has 0 radical (unpaired) electrons. The van der Waals surface area contributed by atoms with E-state index in [1.165, 1.54) is 57.8 Å². The zero-order valence-corrected chi connectivity index (χ0v) is 49.0. The maximum atomic E-state index is 12.9. The predicted octanol–water partition coefficient (Wildman–Crippen LogP) is 21.2. The molecule has 0 aromatic heterocycles. The quantitative estimate of drug-likeness (QED) is 0.0261. The minimum atomic E-state index is -0.815. The highest BCUT2D eigenvalue weighted by Gasteiger charge is 2.19. The lowest BCUT2D eigenvalue weighted by Crippen LogP contribution is -2.30. The summed E-state index contributed by atoms with van der Waals surface area (Å²) >= 11 is 0. The fourth-order valence-corrected chi connectivity index (χ4v) is 8.00. The molecule has 428 valence electrons. The first-order chi connectivity index (χ1) is 37.5. The van der Waals surface area contributed by atoms with Gasteiger partial charge in [0.2, 0.25) is 0 Å². The highest BCUT2D eigenvalue weighted by molar-refractivity contribution is 5.71. The lowest BCUT2D eigenvalue weighted by Gasteiger charge is -2.18. The van der Waals surface area contributed by atoms with Gasteiger partial charge in [-0.3, -0.25) is 14.4 Å². The molecule has 0 aromatic rings. The number of carbonyl (C=O) groups is 3. The largest absolute Gasteiger partial charge is 0.462 e. The summed E-state index contributed by atoms with van der Waals surface area (Å²) < 4.78 is 16.9. The lowest BCUT2D eigenvalue weighted by atomic mass is 10.1. The first-order valence-electron chi connectivity index (χ1n) is 30.8. The second-order valence-electron chi connectivity index (χ2n) is 19.8. The van der Waals surface area contributed by atoms with Gasteiger partial charge in [-0.2, -0.15) is 0 Å². The van der Waals surface area contributed by atoms with Gasteiger partial charge in [-0.15, -0.1) is 0 Å². The van der Waals surface area contributed by atoms with Crippen molar-refractivity contribution < 1.29 is 28.6 Å². The zero-order chi connectivity index (χ0) is 55.0. The van der Waals surface area contributed by atoms with Crippen LogP contribution in [0.4, 0.5) is 0 Å². The summed E-state index contributed by atoms with van der Waals surface area (Å²) in [6, 6.07) is 0. The van der Waals surface area contributed by atoms with E-state index in [-0.39, 0.29) is 37.5 Å². The Morgan fingerprint density at radius 2 is 0.513 bits per heavy atom. The fourth-order valence-electron chi connectivity index (χ4n) is 8.00. The summed E-state index contributed by atoms with van der Waals surface area (Å²) in [5.41, 5.74) is 0. The van der Waals surface area contributed by atoms with Crippen LogP contribution in [0.2, 0.25) is 0 Å². The molecule has 6 nitrogen and oxygen atoms in total. The van der Waals surface area contributed by atoms with Crippen LogP contribution in [0, 0.1) is 0 Å². The van der Waals surface area contributed by atoms with Crippen molar-refractivity contribution in [1.82, 2.24) is 0 Å². The van der Waals surface area contributed by atoms with E-state index in [4.69, 9.17) is 14.2 Å². The average molecular weight is 1050 g/mol. The average Bonchev–Trinajstić information content (AvgIpc) is 3.42. The molecule has 1 unspecified atom stereocenters. The first-order valence-corrected chi connectivity index (χ1v) is 30.8. The predicted molar refractivity (Wildman–Crippen MR) is 329 cm³/mol. The maximum absolute atomic E-state index is 12.9. The van der Waals surface area contributed by atoms with Crippen LogP contribution >= 0.6 is 0 Å². The third-order valence-electron chi connectivity index (χ3n) is 12.6. The SMILES string of the molecule is CC/C=C\C/C=C\C/C=C\C/C=C\C/C=C\CCCCCCCC(=O)OCC(COC(=O)CCCCCCCCC/C=C\C/C=C\CCCCCC)OC(=O)CCCCC/C=C\C/C=C\C/C=C\C/C=C\C/C=C\CC. The highest BCUT2D eigenvalue weighted by atomic mass is 16.6. The molecule has 0 aliphatic rings. The van der Waals surface area contributed by atoms with Gasteiger partial charge in [-0.1, -0.05) is 244 Å². The van der Waals surface area contributed by atoms with Crippen molar-refractivity contribution in [1.29, 1.82) is 0 Å². The molecule has 76 heavy (non-hydrogen) atoms. The summed E-state index contributed by atoms with van der Waals surface area (Å²) in [4.78, 5) is 38.3. The van der Waals surface area contributed by atoms with Crippen LogP contribution in [0.1, 0.15) is 258 Å². The van der Waals surface area contributed by atoms with Gasteiger partial charge in [0.05, 0.1) is 0 Å². The standard InChI is InChI=1S/C70H112O6/c1-4-7-10-13-16-19-22-25-28-31-34-35-37-39-42-45-48-51-54-57-60-63-69(72)75-66-67(65-74-68(71)62-59-56-53-50-47-44-41-38-33-30-27-24-21-18-15-12-9-6-3)76-70(73)64-61-58-55-52-49-46-43-40-36-32-29-26-23-20-17-14-11-8-5-2/h7-8,10-11,16-17,19-21,24-26,28-30,33-36,39-40,42,46,49,67H,4-6,9,12-15,18,22-23,27,31-32,37-38,41,43-45,47-48,50-66H2,1-3H3/b10-7-,11-8-,19-16-,20-17-,24-21-,28-25-,29-26-,33-30-,35-34-,40-36-,42-39-,49-46-. The maximum Gasteiger partial charge on any atom is 0.306 e. The molecular weight excluding hydrogens is 937 g/mol. The molecule has 1 atom stereocenters. The number of unbranched alkanes of at least 4 members (excludes halogenated alkanes) is 19. The van der Waals surface area contributed by atoms with Crippen LogP contribution in [0.3, 0.4) is 0 Å². The minimum Gasteiger partial charge on any atom is -0.462 e. The molecule has 0 spiro atoms. The van der Waals surface area contributed by atoms with Crippen molar-refractivity contribution >= 4 is 17.9 Å². The number of ether oxygens (including phenoxy) is 3. The molecule has 0 saturated carbocycles. The van der Waals surface area contributed by atoms with Crippen molar-refractivity contribution in [3.63, 3.8) is 0 Å². The number of esters is 3. The summed E-state index contributed by atoms with van der Waals surface area (Å²) in [7, 11) is 0. The highest BCUT2D eigenvalue weighted by Crippen LogP contribution is 2.14. The van der Waals surface area contributed by atoms with Crippen LogP contribution < -0.4 is 0 Å². The van der Waals surface area contributed by atoms with Crippen LogP contribution in [0.5, 0.6) is 0 Å². The van der Waals surface area contributed by atoms with E-state index >= 15 is 0 Å². The van der Waals surface area contributed by atoms with E-state index in [0.29, 0.717) is 19.3 Å². The Morgan fingerprint density at radius 1 is 0.276 bits per heavy atom. The molecule has 0 aromatic carbocycles. The number of rotatable bonds is 54.